The van der Waals surface area contributed by atoms with Gasteiger partial charge < -0.3 is 10.5 Å². The molecule has 0 radical (unpaired) electrons. The summed E-state index contributed by atoms with van der Waals surface area (Å²) in [6.07, 6.45) is 0. The van der Waals surface area contributed by atoms with Crippen molar-refractivity contribution < 1.29 is 4.74 Å². The van der Waals surface area contributed by atoms with E-state index >= 15 is 0 Å². The molecular weight excluding hydrogens is 178 g/mol. The summed E-state index contributed by atoms with van der Waals surface area (Å²) >= 11 is 0. The molecule has 4 nitrogen and oxygen atoms in total. The Bertz CT molecular complexity index is 488. The van der Waals surface area contributed by atoms with Crippen LogP contribution < -0.4 is 10.5 Å². The highest BCUT2D eigenvalue weighted by molar-refractivity contribution is 5.87. The summed E-state index contributed by atoms with van der Waals surface area (Å²) < 4.78 is 6.96. The van der Waals surface area contributed by atoms with Crippen molar-refractivity contribution in [2.24, 2.45) is 7.05 Å². The van der Waals surface area contributed by atoms with Gasteiger partial charge in [0, 0.05) is 24.2 Å². The fourth-order valence-corrected chi connectivity index (χ4v) is 1.55. The van der Waals surface area contributed by atoms with Crippen molar-refractivity contribution in [2.45, 2.75) is 6.92 Å². The van der Waals surface area contributed by atoms with Crippen molar-refractivity contribution in [3.63, 3.8) is 0 Å². The van der Waals surface area contributed by atoms with E-state index in [0.29, 0.717) is 11.4 Å². The Morgan fingerprint density at radius 1 is 1.43 bits per heavy atom. The molecule has 1 aromatic carbocycles. The first-order valence-corrected chi connectivity index (χ1v) is 4.40. The van der Waals surface area contributed by atoms with E-state index in [0.717, 1.165) is 16.6 Å². The maximum absolute atomic E-state index is 5.81. The molecule has 74 valence electrons. The summed E-state index contributed by atoms with van der Waals surface area (Å²) in [5, 5.41) is 5.42. The number of hydrogen-bond acceptors (Lipinski definition) is 3. The third-order valence-electron chi connectivity index (χ3n) is 2.48. The Morgan fingerprint density at radius 3 is 2.79 bits per heavy atom. The van der Waals surface area contributed by atoms with E-state index in [1.807, 2.05) is 30.8 Å². The molecular formula is C10H13N3O. The van der Waals surface area contributed by atoms with Gasteiger partial charge in [-0.15, -0.1) is 0 Å². The SMILES string of the molecule is COc1cc2nn(C)c(C)c2cc1N. The van der Waals surface area contributed by atoms with Gasteiger partial charge in [-0.1, -0.05) is 0 Å². The van der Waals surface area contributed by atoms with Gasteiger partial charge in [-0.05, 0) is 13.0 Å². The first kappa shape index (κ1) is 8.87. The molecule has 0 spiro atoms. The van der Waals surface area contributed by atoms with E-state index in [1.165, 1.54) is 0 Å². The van der Waals surface area contributed by atoms with E-state index in [4.69, 9.17) is 10.5 Å². The summed E-state index contributed by atoms with van der Waals surface area (Å²) in [5.41, 5.74) is 8.48. The molecule has 1 heterocycles. The Balaban J connectivity index is 2.79. The van der Waals surface area contributed by atoms with Crippen molar-refractivity contribution in [1.82, 2.24) is 9.78 Å². The molecule has 2 rings (SSSR count). The lowest BCUT2D eigenvalue weighted by atomic mass is 10.2. The maximum atomic E-state index is 5.81. The third kappa shape index (κ3) is 1.11. The van der Waals surface area contributed by atoms with Crippen molar-refractivity contribution >= 4 is 16.6 Å². The average Bonchev–Trinajstić information content (AvgIpc) is 2.43. The number of rotatable bonds is 1. The number of hydrogen-bond donors (Lipinski definition) is 1. The largest absolute Gasteiger partial charge is 0.495 e. The smallest absolute Gasteiger partial charge is 0.144 e. The number of methoxy groups -OCH3 is 1. The van der Waals surface area contributed by atoms with Crippen LogP contribution >= 0.6 is 0 Å². The number of ether oxygens (including phenoxy) is 1. The quantitative estimate of drug-likeness (QED) is 0.694. The lowest BCUT2D eigenvalue weighted by Crippen LogP contribution is -1.91. The van der Waals surface area contributed by atoms with Crippen LogP contribution in [0.3, 0.4) is 0 Å². The predicted molar refractivity (Wildman–Crippen MR) is 56.4 cm³/mol. The van der Waals surface area contributed by atoms with Crippen LogP contribution in [0, 0.1) is 6.92 Å². The molecule has 0 fully saturated rings. The molecule has 0 bridgehead atoms. The van der Waals surface area contributed by atoms with Crippen LogP contribution in [0.15, 0.2) is 12.1 Å². The number of aromatic nitrogens is 2. The fourth-order valence-electron chi connectivity index (χ4n) is 1.55. The first-order valence-electron chi connectivity index (χ1n) is 4.40. The summed E-state index contributed by atoms with van der Waals surface area (Å²) in [5.74, 6) is 0.676. The Hall–Kier alpha value is -1.71. The molecule has 14 heavy (non-hydrogen) atoms. The Kier molecular flexibility index (Phi) is 1.84. The van der Waals surface area contributed by atoms with Gasteiger partial charge >= 0.3 is 0 Å². The number of nitrogens with zero attached hydrogens (tertiary/aromatic N) is 2. The molecule has 0 atom stereocenters. The average molecular weight is 191 g/mol. The molecule has 1 aromatic heterocycles. The van der Waals surface area contributed by atoms with Gasteiger partial charge in [0.15, 0.2) is 0 Å². The van der Waals surface area contributed by atoms with Gasteiger partial charge in [0.05, 0.1) is 18.3 Å². The Labute approximate surface area is 82.3 Å². The zero-order valence-electron chi connectivity index (χ0n) is 8.53. The van der Waals surface area contributed by atoms with E-state index in [2.05, 4.69) is 5.10 Å². The topological polar surface area (TPSA) is 53.1 Å². The monoisotopic (exact) mass is 191 g/mol. The van der Waals surface area contributed by atoms with E-state index in [-0.39, 0.29) is 0 Å². The van der Waals surface area contributed by atoms with Crippen LogP contribution in [0.5, 0.6) is 5.75 Å². The third-order valence-corrected chi connectivity index (χ3v) is 2.48. The molecule has 0 saturated heterocycles. The van der Waals surface area contributed by atoms with Crippen LogP contribution in [-0.2, 0) is 7.05 Å². The number of nitrogens with two attached hydrogens (primary N) is 1. The lowest BCUT2D eigenvalue weighted by molar-refractivity contribution is 0.417. The van der Waals surface area contributed by atoms with Gasteiger partial charge in [0.25, 0.3) is 0 Å². The number of fused-ring (bicyclic) bond motifs is 1. The fraction of sp³-hybridized carbons (Fsp3) is 0.300. The van der Waals surface area contributed by atoms with Crippen molar-refractivity contribution in [2.75, 3.05) is 12.8 Å². The zero-order chi connectivity index (χ0) is 10.3. The predicted octanol–water partition coefficient (Wildman–Crippen LogP) is 1.47. The van der Waals surface area contributed by atoms with Crippen LogP contribution in [0.1, 0.15) is 5.69 Å². The van der Waals surface area contributed by atoms with E-state index in [1.54, 1.807) is 7.11 Å². The van der Waals surface area contributed by atoms with Gasteiger partial charge in [0.2, 0.25) is 0 Å². The van der Waals surface area contributed by atoms with Gasteiger partial charge in [-0.25, -0.2) is 0 Å². The van der Waals surface area contributed by atoms with Crippen molar-refractivity contribution in [1.29, 1.82) is 0 Å². The minimum Gasteiger partial charge on any atom is -0.495 e. The summed E-state index contributed by atoms with van der Waals surface area (Å²) in [6.45, 7) is 2.02. The zero-order valence-corrected chi connectivity index (χ0v) is 8.53. The van der Waals surface area contributed by atoms with Gasteiger partial charge in [-0.3, -0.25) is 4.68 Å². The summed E-state index contributed by atoms with van der Waals surface area (Å²) in [7, 11) is 3.52. The van der Waals surface area contributed by atoms with Crippen LogP contribution in [0.4, 0.5) is 5.69 Å². The molecule has 2 aromatic rings. The Morgan fingerprint density at radius 2 is 2.14 bits per heavy atom. The van der Waals surface area contributed by atoms with Gasteiger partial charge in [-0.2, -0.15) is 5.10 Å². The van der Waals surface area contributed by atoms with Crippen LogP contribution in [0.2, 0.25) is 0 Å². The minimum atomic E-state index is 0.649. The van der Waals surface area contributed by atoms with E-state index in [9.17, 15) is 0 Å². The van der Waals surface area contributed by atoms with Gasteiger partial charge in [0.1, 0.15) is 5.75 Å². The first-order chi connectivity index (χ1) is 6.63. The number of nitrogen functional groups attached to an aromatic ring is 1. The highest BCUT2D eigenvalue weighted by atomic mass is 16.5. The second kappa shape index (κ2) is 2.90. The van der Waals surface area contributed by atoms with Crippen molar-refractivity contribution in [3.8, 4) is 5.75 Å². The molecule has 4 heteroatoms. The molecule has 0 aliphatic carbocycles. The lowest BCUT2D eigenvalue weighted by Gasteiger charge is -2.03. The number of anilines is 1. The van der Waals surface area contributed by atoms with E-state index < -0.39 is 0 Å². The summed E-state index contributed by atoms with van der Waals surface area (Å²) in [4.78, 5) is 0. The second-order valence-corrected chi connectivity index (χ2v) is 3.32. The molecule has 0 saturated carbocycles. The number of benzene rings is 1. The van der Waals surface area contributed by atoms with Crippen LogP contribution in [0.25, 0.3) is 10.9 Å². The highest BCUT2D eigenvalue weighted by Crippen LogP contribution is 2.28. The second-order valence-electron chi connectivity index (χ2n) is 3.32. The molecule has 0 aliphatic rings. The maximum Gasteiger partial charge on any atom is 0.144 e. The molecule has 0 amide bonds. The molecule has 0 unspecified atom stereocenters. The minimum absolute atomic E-state index is 0.649. The molecule has 0 aliphatic heterocycles. The number of aryl methyl sites for hydroxylation is 2. The summed E-state index contributed by atoms with van der Waals surface area (Å²) in [6, 6.07) is 3.76. The molecule has 2 N–H and O–H groups in total. The normalized spacial score (nSPS) is 10.8. The highest BCUT2D eigenvalue weighted by Gasteiger charge is 2.08. The van der Waals surface area contributed by atoms with Crippen LogP contribution in [-0.4, -0.2) is 16.9 Å². The standard InChI is InChI=1S/C10H13N3O/c1-6-7-4-8(11)10(14-3)5-9(7)12-13(6)2/h4-5H,11H2,1-3H3. The van der Waals surface area contributed by atoms with Crippen molar-refractivity contribution in [3.05, 3.63) is 17.8 Å².